The molecule has 112 valence electrons. The highest BCUT2D eigenvalue weighted by molar-refractivity contribution is 7.15. The van der Waals surface area contributed by atoms with E-state index in [-0.39, 0.29) is 5.91 Å². The molecule has 0 atom stereocenters. The zero-order valence-electron chi connectivity index (χ0n) is 12.7. The number of anilines is 1. The molecule has 6 heteroatoms. The van der Waals surface area contributed by atoms with E-state index < -0.39 is 0 Å². The first-order valence-electron chi connectivity index (χ1n) is 7.32. The van der Waals surface area contributed by atoms with E-state index in [0.717, 1.165) is 35.8 Å². The zero-order chi connectivity index (χ0) is 15.0. The van der Waals surface area contributed by atoms with Gasteiger partial charge in [0.1, 0.15) is 0 Å². The molecule has 2 aromatic rings. The van der Waals surface area contributed by atoms with Crippen LogP contribution >= 0.6 is 11.3 Å². The molecule has 21 heavy (non-hydrogen) atoms. The molecule has 0 saturated carbocycles. The lowest BCUT2D eigenvalue weighted by Crippen LogP contribution is -2.12. The molecule has 5 nitrogen and oxygen atoms in total. The molecule has 0 aliphatic heterocycles. The lowest BCUT2D eigenvalue weighted by molar-refractivity contribution is -0.116. The fourth-order valence-corrected chi connectivity index (χ4v) is 3.91. The molecule has 1 amide bonds. The molecule has 3 rings (SSSR count). The third kappa shape index (κ3) is 2.85. The standard InChI is InChI=1S/C15H20N4OS/c1-9-11(10(2)19(3)18-9)7-8-14(20)17-15-16-12-5-4-6-13(12)21-15/h4-8H2,1-3H3,(H,16,17,20). The maximum atomic E-state index is 12.1. The highest BCUT2D eigenvalue weighted by Gasteiger charge is 2.18. The van der Waals surface area contributed by atoms with E-state index in [0.29, 0.717) is 6.42 Å². The van der Waals surface area contributed by atoms with Gasteiger partial charge in [0.05, 0.1) is 11.4 Å². The summed E-state index contributed by atoms with van der Waals surface area (Å²) in [5.41, 5.74) is 4.49. The second-order valence-electron chi connectivity index (χ2n) is 5.56. The number of nitrogens with zero attached hydrogens (tertiary/aromatic N) is 3. The van der Waals surface area contributed by atoms with Crippen LogP contribution in [-0.2, 0) is 31.1 Å². The van der Waals surface area contributed by atoms with Crippen molar-refractivity contribution in [1.29, 1.82) is 0 Å². The number of carbonyl (C=O) groups is 1. The SMILES string of the molecule is Cc1nn(C)c(C)c1CCC(=O)Nc1nc2c(s1)CCC2. The van der Waals surface area contributed by atoms with Crippen molar-refractivity contribution in [3.05, 3.63) is 27.5 Å². The average Bonchev–Trinajstić information content (AvgIpc) is 3.04. The van der Waals surface area contributed by atoms with Crippen molar-refractivity contribution in [3.8, 4) is 0 Å². The van der Waals surface area contributed by atoms with Gasteiger partial charge < -0.3 is 5.32 Å². The molecule has 0 radical (unpaired) electrons. The maximum Gasteiger partial charge on any atom is 0.226 e. The number of hydrogen-bond acceptors (Lipinski definition) is 4. The Morgan fingerprint density at radius 3 is 2.86 bits per heavy atom. The van der Waals surface area contributed by atoms with Gasteiger partial charge in [-0.05, 0) is 45.1 Å². The third-order valence-corrected chi connectivity index (χ3v) is 5.18. The summed E-state index contributed by atoms with van der Waals surface area (Å²) < 4.78 is 1.87. The van der Waals surface area contributed by atoms with Crippen molar-refractivity contribution in [1.82, 2.24) is 14.8 Å². The molecule has 1 aliphatic carbocycles. The van der Waals surface area contributed by atoms with Crippen molar-refractivity contribution in [2.45, 2.75) is 46.0 Å². The summed E-state index contributed by atoms with van der Waals surface area (Å²) in [7, 11) is 1.93. The molecular formula is C15H20N4OS. The van der Waals surface area contributed by atoms with E-state index in [1.165, 1.54) is 22.6 Å². The first kappa shape index (κ1) is 14.3. The van der Waals surface area contributed by atoms with Crippen LogP contribution in [0.2, 0.25) is 0 Å². The molecule has 0 bridgehead atoms. The van der Waals surface area contributed by atoms with E-state index in [9.17, 15) is 4.79 Å². The van der Waals surface area contributed by atoms with Gasteiger partial charge in [-0.25, -0.2) is 4.98 Å². The van der Waals surface area contributed by atoms with Crippen molar-refractivity contribution in [2.24, 2.45) is 7.05 Å². The molecule has 1 aliphatic rings. The van der Waals surface area contributed by atoms with Crippen molar-refractivity contribution >= 4 is 22.4 Å². The topological polar surface area (TPSA) is 59.8 Å². The number of fused-ring (bicyclic) bond motifs is 1. The normalized spacial score (nSPS) is 13.5. The summed E-state index contributed by atoms with van der Waals surface area (Å²) in [5.74, 6) is 0.0325. The monoisotopic (exact) mass is 304 g/mol. The maximum absolute atomic E-state index is 12.1. The van der Waals surface area contributed by atoms with Gasteiger partial charge in [-0.1, -0.05) is 0 Å². The number of hydrogen-bond donors (Lipinski definition) is 1. The minimum absolute atomic E-state index is 0.0325. The van der Waals surface area contributed by atoms with Crippen LogP contribution in [0.4, 0.5) is 5.13 Å². The second kappa shape index (κ2) is 5.60. The molecule has 1 N–H and O–H groups in total. The number of amides is 1. The van der Waals surface area contributed by atoms with Crippen molar-refractivity contribution < 1.29 is 4.79 Å². The van der Waals surface area contributed by atoms with E-state index >= 15 is 0 Å². The predicted octanol–water partition coefficient (Wildman–Crippen LogP) is 2.55. The van der Waals surface area contributed by atoms with Crippen LogP contribution in [0.1, 0.15) is 40.4 Å². The van der Waals surface area contributed by atoms with Gasteiger partial charge in [-0.2, -0.15) is 5.10 Å². The minimum Gasteiger partial charge on any atom is -0.302 e. The second-order valence-corrected chi connectivity index (χ2v) is 6.65. The summed E-state index contributed by atoms with van der Waals surface area (Å²) in [6, 6.07) is 0. The molecule has 2 aromatic heterocycles. The van der Waals surface area contributed by atoms with Crippen LogP contribution in [0.25, 0.3) is 0 Å². The Hall–Kier alpha value is -1.69. The van der Waals surface area contributed by atoms with Crippen LogP contribution in [0.5, 0.6) is 0 Å². The van der Waals surface area contributed by atoms with Crippen LogP contribution in [0.3, 0.4) is 0 Å². The summed E-state index contributed by atoms with van der Waals surface area (Å²) in [6.45, 7) is 4.03. The van der Waals surface area contributed by atoms with Gasteiger partial charge in [0.2, 0.25) is 5.91 Å². The molecular weight excluding hydrogens is 284 g/mol. The molecule has 0 spiro atoms. The fourth-order valence-electron chi connectivity index (χ4n) is 2.84. The van der Waals surface area contributed by atoms with E-state index in [4.69, 9.17) is 0 Å². The molecule has 0 unspecified atom stereocenters. The summed E-state index contributed by atoms with van der Waals surface area (Å²) in [6.07, 6.45) is 4.55. The Morgan fingerprint density at radius 1 is 1.38 bits per heavy atom. The summed E-state index contributed by atoms with van der Waals surface area (Å²) >= 11 is 1.62. The Morgan fingerprint density at radius 2 is 2.19 bits per heavy atom. The number of nitrogens with one attached hydrogen (secondary N) is 1. The quantitative estimate of drug-likeness (QED) is 0.944. The van der Waals surface area contributed by atoms with Gasteiger partial charge in [0.15, 0.2) is 5.13 Å². The van der Waals surface area contributed by atoms with E-state index in [2.05, 4.69) is 15.4 Å². The highest BCUT2D eigenvalue weighted by atomic mass is 32.1. The number of carbonyl (C=O) groups excluding carboxylic acids is 1. The van der Waals surface area contributed by atoms with Gasteiger partial charge >= 0.3 is 0 Å². The lowest BCUT2D eigenvalue weighted by atomic mass is 10.1. The molecule has 2 heterocycles. The summed E-state index contributed by atoms with van der Waals surface area (Å²) in [4.78, 5) is 17.9. The molecule has 0 aromatic carbocycles. The van der Waals surface area contributed by atoms with Gasteiger partial charge in [0.25, 0.3) is 0 Å². The van der Waals surface area contributed by atoms with Crippen molar-refractivity contribution in [2.75, 3.05) is 5.32 Å². The van der Waals surface area contributed by atoms with Gasteiger partial charge in [0, 0.05) is 24.0 Å². The van der Waals surface area contributed by atoms with E-state index in [1.807, 2.05) is 25.6 Å². The Bertz CT molecular complexity index is 665. The highest BCUT2D eigenvalue weighted by Crippen LogP contribution is 2.30. The number of aryl methyl sites for hydroxylation is 4. The molecule has 0 saturated heterocycles. The minimum atomic E-state index is 0.0325. The first-order chi connectivity index (χ1) is 10.0. The van der Waals surface area contributed by atoms with Crippen LogP contribution in [0, 0.1) is 13.8 Å². The molecule has 0 fully saturated rings. The Kier molecular flexibility index (Phi) is 3.80. The van der Waals surface area contributed by atoms with Gasteiger partial charge in [-0.15, -0.1) is 11.3 Å². The van der Waals surface area contributed by atoms with E-state index in [1.54, 1.807) is 11.3 Å². The summed E-state index contributed by atoms with van der Waals surface area (Å²) in [5, 5.41) is 8.06. The number of aromatic nitrogens is 3. The Balaban J connectivity index is 1.59. The lowest BCUT2D eigenvalue weighted by Gasteiger charge is -2.03. The van der Waals surface area contributed by atoms with Crippen LogP contribution in [0.15, 0.2) is 0 Å². The third-order valence-electron chi connectivity index (χ3n) is 4.10. The number of thiazole rings is 1. The van der Waals surface area contributed by atoms with Crippen molar-refractivity contribution in [3.63, 3.8) is 0 Å². The van der Waals surface area contributed by atoms with Gasteiger partial charge in [-0.3, -0.25) is 9.48 Å². The van der Waals surface area contributed by atoms with Crippen LogP contribution in [-0.4, -0.2) is 20.7 Å². The largest absolute Gasteiger partial charge is 0.302 e. The average molecular weight is 304 g/mol. The van der Waals surface area contributed by atoms with Crippen LogP contribution < -0.4 is 5.32 Å². The predicted molar refractivity (Wildman–Crippen MR) is 83.8 cm³/mol. The smallest absolute Gasteiger partial charge is 0.226 e. The number of rotatable bonds is 4. The first-order valence-corrected chi connectivity index (χ1v) is 8.13. The Labute approximate surface area is 128 Å². The zero-order valence-corrected chi connectivity index (χ0v) is 13.5. The fraction of sp³-hybridized carbons (Fsp3) is 0.533.